The van der Waals surface area contributed by atoms with Gasteiger partial charge in [-0.15, -0.1) is 4.40 Å². The van der Waals surface area contributed by atoms with E-state index in [9.17, 15) is 26.4 Å². The molecule has 1 aliphatic heterocycles. The molecule has 0 radical (unpaired) electrons. The second kappa shape index (κ2) is 9.40. The molecular formula is C24H26F3N3O3S. The lowest BCUT2D eigenvalue weighted by Gasteiger charge is -2.33. The average Bonchev–Trinajstić information content (AvgIpc) is 3.33. The number of nitrogens with one attached hydrogen (secondary N) is 1. The smallest absolute Gasteiger partial charge is 0.328 e. The molecule has 1 aliphatic carbocycles. The van der Waals surface area contributed by atoms with Crippen LogP contribution in [0.15, 0.2) is 51.8 Å². The van der Waals surface area contributed by atoms with Crippen LogP contribution in [0.3, 0.4) is 0 Å². The highest BCUT2D eigenvalue weighted by molar-refractivity contribution is 7.90. The average molecular weight is 494 g/mol. The number of unbranched alkanes of at least 4 members (excludes halogenated alkanes) is 1. The fraction of sp³-hybridized carbons (Fsp3) is 0.417. The topological polar surface area (TPSA) is 78.8 Å². The van der Waals surface area contributed by atoms with Gasteiger partial charge in [-0.25, -0.2) is 0 Å². The highest BCUT2D eigenvalue weighted by atomic mass is 32.2. The molecule has 182 valence electrons. The molecule has 1 heterocycles. The van der Waals surface area contributed by atoms with Crippen molar-refractivity contribution in [3.63, 3.8) is 0 Å². The first kappa shape index (κ1) is 24.3. The molecule has 1 N–H and O–H groups in total. The minimum Gasteiger partial charge on any atom is -0.328 e. The molecular weight excluding hydrogens is 467 g/mol. The molecule has 2 aromatic carbocycles. The number of hydrogen-bond donors (Lipinski definition) is 1. The van der Waals surface area contributed by atoms with Crippen molar-refractivity contribution in [3.05, 3.63) is 53.6 Å². The predicted molar refractivity (Wildman–Crippen MR) is 125 cm³/mol. The lowest BCUT2D eigenvalue weighted by molar-refractivity contribution is -0.137. The number of carbonyl (C=O) groups excluding carboxylic acids is 1. The SMILES string of the molecule is CCCCN1C(C2CCCC2)=NS(=O)(=O)c2cc(NC(=O)c3ccc(C(F)(F)F)cc3)ccc21. The zero-order valence-corrected chi connectivity index (χ0v) is 19.5. The van der Waals surface area contributed by atoms with Crippen molar-refractivity contribution < 1.29 is 26.4 Å². The molecule has 0 aromatic heterocycles. The maximum absolute atomic E-state index is 13.1. The number of alkyl halides is 3. The van der Waals surface area contributed by atoms with Crippen LogP contribution in [0.4, 0.5) is 24.5 Å². The van der Waals surface area contributed by atoms with E-state index in [1.54, 1.807) is 12.1 Å². The van der Waals surface area contributed by atoms with Gasteiger partial charge in [-0.2, -0.15) is 21.6 Å². The molecule has 4 rings (SSSR count). The van der Waals surface area contributed by atoms with Crippen LogP contribution in [-0.4, -0.2) is 26.7 Å². The number of benzene rings is 2. The van der Waals surface area contributed by atoms with Crippen LogP contribution in [0.25, 0.3) is 0 Å². The lowest BCUT2D eigenvalue weighted by Crippen LogP contribution is -2.40. The van der Waals surface area contributed by atoms with Gasteiger partial charge < -0.3 is 10.2 Å². The molecule has 1 amide bonds. The Labute approximate surface area is 196 Å². The van der Waals surface area contributed by atoms with Gasteiger partial charge in [0, 0.05) is 23.7 Å². The molecule has 0 spiro atoms. The van der Waals surface area contributed by atoms with Gasteiger partial charge in [0.15, 0.2) is 0 Å². The molecule has 0 bridgehead atoms. The van der Waals surface area contributed by atoms with Crippen molar-refractivity contribution >= 4 is 33.1 Å². The molecule has 34 heavy (non-hydrogen) atoms. The number of sulfonamides is 1. The van der Waals surface area contributed by atoms with E-state index in [1.165, 1.54) is 6.07 Å². The molecule has 10 heteroatoms. The van der Waals surface area contributed by atoms with Gasteiger partial charge in [0.1, 0.15) is 10.7 Å². The molecule has 1 fully saturated rings. The van der Waals surface area contributed by atoms with E-state index >= 15 is 0 Å². The molecule has 0 atom stereocenters. The lowest BCUT2D eigenvalue weighted by atomic mass is 10.0. The van der Waals surface area contributed by atoms with Crippen molar-refractivity contribution in [3.8, 4) is 0 Å². The summed E-state index contributed by atoms with van der Waals surface area (Å²) in [6, 6.07) is 8.45. The standard InChI is InChI=1S/C24H26F3N3O3S/c1-2-3-14-30-20-13-12-19(28-23(31)17-8-10-18(11-9-17)24(25,26)27)15-21(20)34(32,33)29-22(30)16-6-4-5-7-16/h8-13,15-16H,2-7,14H2,1H3,(H,28,31). The quantitative estimate of drug-likeness (QED) is 0.547. The van der Waals surface area contributed by atoms with Gasteiger partial charge >= 0.3 is 6.18 Å². The Morgan fingerprint density at radius 2 is 1.79 bits per heavy atom. The largest absolute Gasteiger partial charge is 0.416 e. The summed E-state index contributed by atoms with van der Waals surface area (Å²) in [5.74, 6) is 0.0682. The normalized spacial score (nSPS) is 17.9. The summed E-state index contributed by atoms with van der Waals surface area (Å²) in [6.45, 7) is 2.71. The maximum Gasteiger partial charge on any atom is 0.416 e. The van der Waals surface area contributed by atoms with Crippen molar-refractivity contribution in [2.75, 3.05) is 16.8 Å². The van der Waals surface area contributed by atoms with Crippen molar-refractivity contribution in [2.45, 2.75) is 56.5 Å². The van der Waals surface area contributed by atoms with Gasteiger partial charge in [-0.3, -0.25) is 4.79 Å². The van der Waals surface area contributed by atoms with E-state index < -0.39 is 27.7 Å². The number of fused-ring (bicyclic) bond motifs is 1. The van der Waals surface area contributed by atoms with Crippen molar-refractivity contribution in [1.82, 2.24) is 0 Å². The Kier molecular flexibility index (Phi) is 6.71. The van der Waals surface area contributed by atoms with Crippen LogP contribution in [-0.2, 0) is 16.2 Å². The van der Waals surface area contributed by atoms with Gasteiger partial charge in [0.2, 0.25) is 0 Å². The highest BCUT2D eigenvalue weighted by Gasteiger charge is 2.36. The number of nitrogens with zero attached hydrogens (tertiary/aromatic N) is 2. The third kappa shape index (κ3) is 4.96. The Balaban J connectivity index is 1.62. The number of halogens is 3. The molecule has 2 aromatic rings. The van der Waals surface area contributed by atoms with E-state index in [0.29, 0.717) is 18.1 Å². The summed E-state index contributed by atoms with van der Waals surface area (Å²) in [5.41, 5.74) is -0.0632. The Hall–Kier alpha value is -2.88. The Morgan fingerprint density at radius 1 is 1.12 bits per heavy atom. The van der Waals surface area contributed by atoms with E-state index in [2.05, 4.69) is 16.6 Å². The Morgan fingerprint density at radius 3 is 2.41 bits per heavy atom. The predicted octanol–water partition coefficient (Wildman–Crippen LogP) is 5.86. The number of amides is 1. The zero-order valence-electron chi connectivity index (χ0n) is 18.7. The molecule has 1 saturated carbocycles. The summed E-state index contributed by atoms with van der Waals surface area (Å²) in [5, 5.41) is 2.58. The second-order valence-corrected chi connectivity index (χ2v) is 10.2. The van der Waals surface area contributed by atoms with E-state index in [1.807, 2.05) is 4.90 Å². The first-order valence-electron chi connectivity index (χ1n) is 11.3. The number of anilines is 2. The number of amidine groups is 1. The number of carbonyl (C=O) groups is 1. The van der Waals surface area contributed by atoms with E-state index in [4.69, 9.17) is 0 Å². The van der Waals surface area contributed by atoms with Gasteiger partial charge in [-0.05, 0) is 61.7 Å². The summed E-state index contributed by atoms with van der Waals surface area (Å²) < 4.78 is 68.6. The first-order chi connectivity index (χ1) is 16.1. The third-order valence-electron chi connectivity index (χ3n) is 6.21. The minimum atomic E-state index is -4.50. The molecule has 0 saturated heterocycles. The second-order valence-electron chi connectivity index (χ2n) is 8.62. The van der Waals surface area contributed by atoms with Crippen LogP contribution >= 0.6 is 0 Å². The zero-order chi connectivity index (χ0) is 24.5. The summed E-state index contributed by atoms with van der Waals surface area (Å²) >= 11 is 0. The maximum atomic E-state index is 13.1. The van der Waals surface area contributed by atoms with Gasteiger partial charge in [0.25, 0.3) is 15.9 Å². The minimum absolute atomic E-state index is 0.00979. The highest BCUT2D eigenvalue weighted by Crippen LogP contribution is 2.39. The van der Waals surface area contributed by atoms with Crippen LogP contribution in [0.1, 0.15) is 61.4 Å². The monoisotopic (exact) mass is 493 g/mol. The first-order valence-corrected chi connectivity index (χ1v) is 12.8. The van der Waals surface area contributed by atoms with Crippen molar-refractivity contribution in [1.29, 1.82) is 0 Å². The fourth-order valence-corrected chi connectivity index (χ4v) is 5.72. The van der Waals surface area contributed by atoms with Crippen molar-refractivity contribution in [2.24, 2.45) is 10.3 Å². The number of hydrogen-bond acceptors (Lipinski definition) is 4. The van der Waals surface area contributed by atoms with Gasteiger partial charge in [0.05, 0.1) is 11.3 Å². The Bertz CT molecular complexity index is 1200. The summed E-state index contributed by atoms with van der Waals surface area (Å²) in [4.78, 5) is 14.5. The third-order valence-corrected chi connectivity index (χ3v) is 7.52. The van der Waals surface area contributed by atoms with E-state index in [0.717, 1.165) is 62.8 Å². The summed E-state index contributed by atoms with van der Waals surface area (Å²) in [6.07, 6.45) is 1.24. The van der Waals surface area contributed by atoms with Crippen LogP contribution < -0.4 is 10.2 Å². The molecule has 6 nitrogen and oxygen atoms in total. The summed E-state index contributed by atoms with van der Waals surface area (Å²) in [7, 11) is -3.96. The fourth-order valence-electron chi connectivity index (χ4n) is 4.41. The number of rotatable bonds is 6. The van der Waals surface area contributed by atoms with Gasteiger partial charge in [-0.1, -0.05) is 26.2 Å². The molecule has 0 unspecified atom stereocenters. The van der Waals surface area contributed by atoms with Crippen LogP contribution in [0, 0.1) is 5.92 Å². The van der Waals surface area contributed by atoms with Crippen LogP contribution in [0.5, 0.6) is 0 Å². The molecule has 2 aliphatic rings. The van der Waals surface area contributed by atoms with Crippen LogP contribution in [0.2, 0.25) is 0 Å². The van der Waals surface area contributed by atoms with E-state index in [-0.39, 0.29) is 22.1 Å².